The normalized spacial score (nSPS) is 15.5. The van der Waals surface area contributed by atoms with Gasteiger partial charge in [-0.05, 0) is 42.5 Å². The first-order chi connectivity index (χ1) is 15.5. The van der Waals surface area contributed by atoms with Crippen LogP contribution in [0.15, 0.2) is 53.3 Å². The molecule has 0 unspecified atom stereocenters. The van der Waals surface area contributed by atoms with E-state index in [0.717, 1.165) is 11.4 Å². The Kier molecular flexibility index (Phi) is 5.28. The summed E-state index contributed by atoms with van der Waals surface area (Å²) < 4.78 is 19.0. The smallest absolute Gasteiger partial charge is 0.322 e. The van der Waals surface area contributed by atoms with Crippen molar-refractivity contribution in [2.75, 3.05) is 5.32 Å². The van der Waals surface area contributed by atoms with Gasteiger partial charge in [0.2, 0.25) is 11.7 Å². The maximum Gasteiger partial charge on any atom is 0.322 e. The molecule has 8 nitrogen and oxygen atoms in total. The molecule has 5 rings (SSSR count). The van der Waals surface area contributed by atoms with E-state index in [0.29, 0.717) is 22.7 Å². The molecule has 2 N–H and O–H groups in total. The Hall–Kier alpha value is -3.43. The molecular weight excluding hydrogens is 458 g/mol. The van der Waals surface area contributed by atoms with Gasteiger partial charge in [-0.1, -0.05) is 28.4 Å². The van der Waals surface area contributed by atoms with Gasteiger partial charge in [-0.2, -0.15) is 4.98 Å². The molecular formula is C21H15Cl2FN6O2. The number of amides is 2. The average molecular weight is 473 g/mol. The molecule has 0 saturated heterocycles. The van der Waals surface area contributed by atoms with Gasteiger partial charge in [0.15, 0.2) is 0 Å². The summed E-state index contributed by atoms with van der Waals surface area (Å²) in [5, 5.41) is 7.38. The average Bonchev–Trinajstić information content (AvgIpc) is 3.45. The number of nitrogens with zero attached hydrogens (tertiary/aromatic N) is 4. The minimum absolute atomic E-state index is 0.0448. The highest BCUT2D eigenvalue weighted by molar-refractivity contribution is 6.31. The molecule has 0 bridgehead atoms. The molecule has 0 saturated carbocycles. The maximum atomic E-state index is 13.5. The van der Waals surface area contributed by atoms with E-state index in [4.69, 9.17) is 27.7 Å². The number of aromatic nitrogens is 4. The summed E-state index contributed by atoms with van der Waals surface area (Å²) in [5.41, 5.74) is 2.74. The minimum atomic E-state index is -0.546. The molecule has 3 heterocycles. The van der Waals surface area contributed by atoms with E-state index in [2.05, 4.69) is 25.4 Å². The zero-order chi connectivity index (χ0) is 22.2. The van der Waals surface area contributed by atoms with Crippen LogP contribution < -0.4 is 5.32 Å². The number of carbonyl (C=O) groups is 1. The molecule has 1 aliphatic heterocycles. The fourth-order valence-corrected chi connectivity index (χ4v) is 3.83. The number of imidazole rings is 1. The van der Waals surface area contributed by atoms with Crippen LogP contribution in [-0.2, 0) is 13.0 Å². The van der Waals surface area contributed by atoms with Crippen LogP contribution in [0.25, 0.3) is 11.4 Å². The highest BCUT2D eigenvalue weighted by Gasteiger charge is 2.36. The van der Waals surface area contributed by atoms with Crippen molar-refractivity contribution in [2.24, 2.45) is 0 Å². The highest BCUT2D eigenvalue weighted by Crippen LogP contribution is 2.33. The fraction of sp³-hybridized carbons (Fsp3) is 0.143. The lowest BCUT2D eigenvalue weighted by Crippen LogP contribution is -2.41. The monoisotopic (exact) mass is 472 g/mol. The van der Waals surface area contributed by atoms with Crippen molar-refractivity contribution in [3.63, 3.8) is 0 Å². The number of aromatic amines is 1. The largest absolute Gasteiger partial charge is 0.347 e. The van der Waals surface area contributed by atoms with Crippen LogP contribution in [0.1, 0.15) is 23.3 Å². The van der Waals surface area contributed by atoms with Crippen LogP contribution in [0.5, 0.6) is 0 Å². The number of hydrogen-bond acceptors (Lipinski definition) is 5. The Bertz CT molecular complexity index is 1290. The summed E-state index contributed by atoms with van der Waals surface area (Å²) in [4.78, 5) is 26.6. The maximum absolute atomic E-state index is 13.5. The van der Waals surface area contributed by atoms with Crippen LogP contribution in [0.2, 0.25) is 10.0 Å². The molecule has 162 valence electrons. The number of rotatable bonds is 3. The number of fused-ring (bicyclic) bond motifs is 1. The number of carbonyl (C=O) groups excluding carboxylic acids is 1. The molecule has 1 atom stereocenters. The lowest BCUT2D eigenvalue weighted by Gasteiger charge is -2.32. The predicted octanol–water partition coefficient (Wildman–Crippen LogP) is 5.24. The Morgan fingerprint density at radius 1 is 1.22 bits per heavy atom. The molecule has 4 aromatic rings. The minimum Gasteiger partial charge on any atom is -0.347 e. The molecule has 2 amide bonds. The first-order valence-electron chi connectivity index (χ1n) is 9.61. The Morgan fingerprint density at radius 3 is 2.81 bits per heavy atom. The molecule has 2 aromatic heterocycles. The van der Waals surface area contributed by atoms with Gasteiger partial charge in [0, 0.05) is 22.7 Å². The van der Waals surface area contributed by atoms with Gasteiger partial charge in [0.05, 0.1) is 29.3 Å². The third kappa shape index (κ3) is 3.92. The molecule has 2 aromatic carbocycles. The highest BCUT2D eigenvalue weighted by atomic mass is 35.5. The summed E-state index contributed by atoms with van der Waals surface area (Å²) in [7, 11) is 0. The Balaban J connectivity index is 1.45. The lowest BCUT2D eigenvalue weighted by molar-refractivity contribution is 0.155. The number of nitrogens with one attached hydrogen (secondary N) is 2. The molecule has 32 heavy (non-hydrogen) atoms. The van der Waals surface area contributed by atoms with Crippen LogP contribution in [0.4, 0.5) is 14.9 Å². The van der Waals surface area contributed by atoms with Crippen molar-refractivity contribution in [3.05, 3.63) is 81.9 Å². The summed E-state index contributed by atoms with van der Waals surface area (Å²) >= 11 is 11.8. The van der Waals surface area contributed by atoms with Gasteiger partial charge in [-0.25, -0.2) is 14.2 Å². The third-order valence-electron chi connectivity index (χ3n) is 5.16. The standard InChI is InChI=1S/C21H15Cl2FN6O2/c22-12-2-4-13(5-3-12)27-21(31)30-9-17-16(25-10-26-17)8-18(30)20-28-19(29-32-20)11-1-6-15(24)14(23)7-11/h1-7,10,18H,8-9H2,(H,25,26)(H,27,31)/t18-/m0/s1. The van der Waals surface area contributed by atoms with Crippen molar-refractivity contribution in [1.82, 2.24) is 25.0 Å². The number of hydrogen-bond donors (Lipinski definition) is 2. The van der Waals surface area contributed by atoms with E-state index in [1.54, 1.807) is 35.5 Å². The van der Waals surface area contributed by atoms with E-state index < -0.39 is 11.9 Å². The predicted molar refractivity (Wildman–Crippen MR) is 116 cm³/mol. The van der Waals surface area contributed by atoms with Crippen molar-refractivity contribution in [1.29, 1.82) is 0 Å². The van der Waals surface area contributed by atoms with Crippen molar-refractivity contribution in [3.8, 4) is 11.4 Å². The van der Waals surface area contributed by atoms with E-state index in [1.165, 1.54) is 18.2 Å². The fourth-order valence-electron chi connectivity index (χ4n) is 3.52. The summed E-state index contributed by atoms with van der Waals surface area (Å²) in [6.07, 6.45) is 1.97. The number of halogens is 3. The number of benzene rings is 2. The lowest BCUT2D eigenvalue weighted by atomic mass is 10.0. The van der Waals surface area contributed by atoms with Gasteiger partial charge in [0.25, 0.3) is 0 Å². The number of urea groups is 1. The quantitative estimate of drug-likeness (QED) is 0.424. The van der Waals surface area contributed by atoms with Crippen molar-refractivity contribution in [2.45, 2.75) is 19.0 Å². The van der Waals surface area contributed by atoms with E-state index >= 15 is 0 Å². The Morgan fingerprint density at radius 2 is 2.03 bits per heavy atom. The van der Waals surface area contributed by atoms with Crippen molar-refractivity contribution >= 4 is 34.9 Å². The van der Waals surface area contributed by atoms with Gasteiger partial charge < -0.3 is 19.7 Å². The Labute approximate surface area is 191 Å². The SMILES string of the molecule is O=C(Nc1ccc(Cl)cc1)N1Cc2[nH]cnc2C[C@H]1c1nc(-c2ccc(F)c(Cl)c2)no1. The van der Waals surface area contributed by atoms with Crippen LogP contribution >= 0.6 is 23.2 Å². The molecule has 11 heteroatoms. The second kappa shape index (κ2) is 8.25. The van der Waals surface area contributed by atoms with E-state index in [-0.39, 0.29) is 29.3 Å². The van der Waals surface area contributed by atoms with Crippen LogP contribution in [0, 0.1) is 5.82 Å². The molecule has 1 aliphatic rings. The van der Waals surface area contributed by atoms with Gasteiger partial charge in [-0.15, -0.1) is 0 Å². The zero-order valence-corrected chi connectivity index (χ0v) is 17.9. The van der Waals surface area contributed by atoms with Gasteiger partial charge in [0.1, 0.15) is 11.9 Å². The van der Waals surface area contributed by atoms with Crippen LogP contribution in [-0.4, -0.2) is 31.0 Å². The van der Waals surface area contributed by atoms with E-state index in [9.17, 15) is 9.18 Å². The molecule has 0 spiro atoms. The first-order valence-corrected chi connectivity index (χ1v) is 10.4. The van der Waals surface area contributed by atoms with Crippen LogP contribution in [0.3, 0.4) is 0 Å². The summed E-state index contributed by atoms with van der Waals surface area (Å²) in [5.74, 6) is -0.0596. The number of anilines is 1. The molecule has 0 fully saturated rings. The van der Waals surface area contributed by atoms with Crippen molar-refractivity contribution < 1.29 is 13.7 Å². The molecule has 0 aliphatic carbocycles. The summed E-state index contributed by atoms with van der Waals surface area (Å²) in [6.45, 7) is 0.277. The number of H-pyrrole nitrogens is 1. The van der Waals surface area contributed by atoms with E-state index in [1.807, 2.05) is 0 Å². The van der Waals surface area contributed by atoms with Gasteiger partial charge in [-0.3, -0.25) is 0 Å². The van der Waals surface area contributed by atoms with Gasteiger partial charge >= 0.3 is 6.03 Å². The molecule has 0 radical (unpaired) electrons. The first kappa shape index (κ1) is 20.5. The zero-order valence-electron chi connectivity index (χ0n) is 16.3. The third-order valence-corrected chi connectivity index (χ3v) is 5.70. The second-order valence-electron chi connectivity index (χ2n) is 7.20. The topological polar surface area (TPSA) is 99.9 Å². The second-order valence-corrected chi connectivity index (χ2v) is 8.04. The summed E-state index contributed by atoms with van der Waals surface area (Å²) in [6, 6.07) is 10.1.